The Morgan fingerprint density at radius 1 is 0.800 bits per heavy atom. The molecular formula is C26H23BrO3. The molecule has 0 amide bonds. The summed E-state index contributed by atoms with van der Waals surface area (Å²) in [4.78, 5) is 24.6. The maximum Gasteiger partial charge on any atom is 0.343 e. The van der Waals surface area contributed by atoms with Gasteiger partial charge in [0.15, 0.2) is 5.78 Å². The lowest BCUT2D eigenvalue weighted by Crippen LogP contribution is -2.12. The highest BCUT2D eigenvalue weighted by molar-refractivity contribution is 9.10. The molecule has 3 aromatic carbocycles. The van der Waals surface area contributed by atoms with Crippen LogP contribution in [0.25, 0.3) is 6.08 Å². The van der Waals surface area contributed by atoms with Crippen LogP contribution in [-0.2, 0) is 5.41 Å². The van der Waals surface area contributed by atoms with E-state index >= 15 is 0 Å². The second-order valence-electron chi connectivity index (χ2n) is 7.99. The van der Waals surface area contributed by atoms with Crippen molar-refractivity contribution in [3.8, 4) is 5.75 Å². The van der Waals surface area contributed by atoms with E-state index in [4.69, 9.17) is 4.74 Å². The quantitative estimate of drug-likeness (QED) is 0.180. The molecule has 3 nitrogen and oxygen atoms in total. The molecule has 0 N–H and O–H groups in total. The average Bonchev–Trinajstić information content (AvgIpc) is 2.73. The Morgan fingerprint density at radius 2 is 1.37 bits per heavy atom. The Kier molecular flexibility index (Phi) is 6.68. The van der Waals surface area contributed by atoms with Gasteiger partial charge in [0.2, 0.25) is 0 Å². The Balaban J connectivity index is 1.62. The van der Waals surface area contributed by atoms with Gasteiger partial charge in [0, 0.05) is 10.0 Å². The van der Waals surface area contributed by atoms with Crippen LogP contribution in [0, 0.1) is 0 Å². The molecule has 0 aliphatic carbocycles. The number of ketones is 1. The molecule has 0 aliphatic rings. The van der Waals surface area contributed by atoms with Crippen molar-refractivity contribution in [3.63, 3.8) is 0 Å². The van der Waals surface area contributed by atoms with E-state index < -0.39 is 5.97 Å². The zero-order valence-corrected chi connectivity index (χ0v) is 18.8. The van der Waals surface area contributed by atoms with Gasteiger partial charge < -0.3 is 4.74 Å². The predicted molar refractivity (Wildman–Crippen MR) is 124 cm³/mol. The maximum atomic E-state index is 12.4. The summed E-state index contributed by atoms with van der Waals surface area (Å²) in [5.74, 6) is -0.0165. The van der Waals surface area contributed by atoms with Crippen LogP contribution in [0.3, 0.4) is 0 Å². The molecule has 0 fully saturated rings. The molecule has 152 valence electrons. The number of allylic oxidation sites excluding steroid dienone is 1. The minimum atomic E-state index is -0.399. The lowest BCUT2D eigenvalue weighted by molar-refractivity contribution is 0.0734. The van der Waals surface area contributed by atoms with Crippen LogP contribution in [0.1, 0.15) is 52.6 Å². The third kappa shape index (κ3) is 5.77. The Morgan fingerprint density at radius 3 is 1.93 bits per heavy atom. The first-order chi connectivity index (χ1) is 14.2. The highest BCUT2D eigenvalue weighted by Gasteiger charge is 2.15. The monoisotopic (exact) mass is 462 g/mol. The van der Waals surface area contributed by atoms with Crippen molar-refractivity contribution in [2.24, 2.45) is 0 Å². The van der Waals surface area contributed by atoms with Gasteiger partial charge in [-0.15, -0.1) is 0 Å². The lowest BCUT2D eigenvalue weighted by atomic mass is 9.87. The number of esters is 1. The zero-order valence-electron chi connectivity index (χ0n) is 17.2. The molecule has 30 heavy (non-hydrogen) atoms. The molecule has 0 spiro atoms. The number of carbonyl (C=O) groups is 2. The van der Waals surface area contributed by atoms with Gasteiger partial charge in [-0.05, 0) is 71.1 Å². The van der Waals surface area contributed by atoms with E-state index in [1.54, 1.807) is 54.6 Å². The largest absolute Gasteiger partial charge is 0.423 e. The average molecular weight is 463 g/mol. The summed E-state index contributed by atoms with van der Waals surface area (Å²) in [6.07, 6.45) is 3.27. The van der Waals surface area contributed by atoms with E-state index in [1.807, 2.05) is 24.3 Å². The topological polar surface area (TPSA) is 43.4 Å². The number of hydrogen-bond acceptors (Lipinski definition) is 3. The smallest absolute Gasteiger partial charge is 0.343 e. The first-order valence-corrected chi connectivity index (χ1v) is 10.4. The van der Waals surface area contributed by atoms with Crippen LogP contribution in [0.2, 0.25) is 0 Å². The SMILES string of the molecule is CC(C)(C)c1ccc(C(=O)Oc2ccc(C=CC(=O)c3ccc(Br)cc3)cc2)cc1. The van der Waals surface area contributed by atoms with Crippen LogP contribution in [0.15, 0.2) is 83.3 Å². The molecule has 0 radical (unpaired) electrons. The van der Waals surface area contributed by atoms with E-state index in [2.05, 4.69) is 36.7 Å². The zero-order chi connectivity index (χ0) is 21.7. The third-order valence-electron chi connectivity index (χ3n) is 4.63. The number of benzene rings is 3. The summed E-state index contributed by atoms with van der Waals surface area (Å²) in [6, 6.07) is 21.7. The Hall–Kier alpha value is -2.98. The van der Waals surface area contributed by atoms with Crippen molar-refractivity contribution >= 4 is 33.8 Å². The summed E-state index contributed by atoms with van der Waals surface area (Å²) in [7, 11) is 0. The highest BCUT2D eigenvalue weighted by Crippen LogP contribution is 2.23. The fourth-order valence-corrected chi connectivity index (χ4v) is 3.07. The fraction of sp³-hybridized carbons (Fsp3) is 0.154. The fourth-order valence-electron chi connectivity index (χ4n) is 2.80. The van der Waals surface area contributed by atoms with E-state index in [-0.39, 0.29) is 11.2 Å². The van der Waals surface area contributed by atoms with Crippen molar-refractivity contribution in [1.82, 2.24) is 0 Å². The molecule has 0 atom stereocenters. The van der Waals surface area contributed by atoms with Gasteiger partial charge in [-0.3, -0.25) is 4.79 Å². The molecule has 3 rings (SSSR count). The maximum absolute atomic E-state index is 12.4. The van der Waals surface area contributed by atoms with Crippen molar-refractivity contribution in [3.05, 3.63) is 106 Å². The van der Waals surface area contributed by atoms with Gasteiger partial charge in [0.25, 0.3) is 0 Å². The van der Waals surface area contributed by atoms with Crippen LogP contribution in [-0.4, -0.2) is 11.8 Å². The molecule has 0 unspecified atom stereocenters. The second-order valence-corrected chi connectivity index (χ2v) is 8.91. The van der Waals surface area contributed by atoms with E-state index in [0.29, 0.717) is 16.9 Å². The molecule has 0 saturated carbocycles. The molecule has 0 aromatic heterocycles. The second kappa shape index (κ2) is 9.23. The van der Waals surface area contributed by atoms with Crippen molar-refractivity contribution in [2.45, 2.75) is 26.2 Å². The standard InChI is InChI=1S/C26H23BrO3/c1-26(2,3)21-11-7-20(8-12-21)25(29)30-23-15-4-18(5-16-23)6-17-24(28)19-9-13-22(27)14-10-19/h4-17H,1-3H3. The van der Waals surface area contributed by atoms with E-state index in [1.165, 1.54) is 6.08 Å². The minimum absolute atomic E-state index is 0.0323. The first kappa shape index (κ1) is 21.7. The first-order valence-electron chi connectivity index (χ1n) is 9.63. The van der Waals surface area contributed by atoms with E-state index in [9.17, 15) is 9.59 Å². The van der Waals surface area contributed by atoms with Crippen LogP contribution in [0.4, 0.5) is 0 Å². The van der Waals surface area contributed by atoms with Crippen molar-refractivity contribution in [1.29, 1.82) is 0 Å². The summed E-state index contributed by atoms with van der Waals surface area (Å²) >= 11 is 3.35. The predicted octanol–water partition coefficient (Wildman–Crippen LogP) is 6.86. The molecule has 0 heterocycles. The molecule has 0 saturated heterocycles. The van der Waals surface area contributed by atoms with Crippen LogP contribution < -0.4 is 4.74 Å². The molecule has 0 bridgehead atoms. The minimum Gasteiger partial charge on any atom is -0.423 e. The number of halogens is 1. The molecule has 0 aliphatic heterocycles. The van der Waals surface area contributed by atoms with Crippen LogP contribution in [0.5, 0.6) is 5.75 Å². The summed E-state index contributed by atoms with van der Waals surface area (Å²) in [6.45, 7) is 6.38. The van der Waals surface area contributed by atoms with Crippen molar-refractivity contribution in [2.75, 3.05) is 0 Å². The molecular weight excluding hydrogens is 440 g/mol. The van der Waals surface area contributed by atoms with E-state index in [0.717, 1.165) is 15.6 Å². The van der Waals surface area contributed by atoms with Gasteiger partial charge in [0.1, 0.15) is 5.75 Å². The summed E-state index contributed by atoms with van der Waals surface area (Å²) in [5.41, 5.74) is 3.16. The van der Waals surface area contributed by atoms with Gasteiger partial charge >= 0.3 is 5.97 Å². The number of ether oxygens (including phenoxy) is 1. The van der Waals surface area contributed by atoms with Gasteiger partial charge in [0.05, 0.1) is 5.56 Å². The normalized spacial score (nSPS) is 11.5. The number of hydrogen-bond donors (Lipinski definition) is 0. The lowest BCUT2D eigenvalue weighted by Gasteiger charge is -2.18. The summed E-state index contributed by atoms with van der Waals surface area (Å²) < 4.78 is 6.38. The van der Waals surface area contributed by atoms with Crippen LogP contribution >= 0.6 is 15.9 Å². The molecule has 3 aromatic rings. The number of rotatable bonds is 5. The Bertz CT molecular complexity index is 1060. The number of carbonyl (C=O) groups excluding carboxylic acids is 2. The highest BCUT2D eigenvalue weighted by atomic mass is 79.9. The third-order valence-corrected chi connectivity index (χ3v) is 5.16. The van der Waals surface area contributed by atoms with Crippen molar-refractivity contribution < 1.29 is 14.3 Å². The van der Waals surface area contributed by atoms with Gasteiger partial charge in [-0.2, -0.15) is 0 Å². The van der Waals surface area contributed by atoms with Gasteiger partial charge in [-0.1, -0.05) is 67.0 Å². The Labute approximate surface area is 185 Å². The molecule has 4 heteroatoms. The van der Waals surface area contributed by atoms with Gasteiger partial charge in [-0.25, -0.2) is 4.79 Å². The summed E-state index contributed by atoms with van der Waals surface area (Å²) in [5, 5.41) is 0.